The number of hydrogen-bond acceptors (Lipinski definition) is 5. The number of nitrogens with zero attached hydrogens (tertiary/aromatic N) is 1. The van der Waals surface area contributed by atoms with Gasteiger partial charge in [0.15, 0.2) is 0 Å². The first-order valence-electron chi connectivity index (χ1n) is 10.7. The Balaban J connectivity index is 0.000000339. The normalized spacial score (nSPS) is 26.7. The van der Waals surface area contributed by atoms with Crippen molar-refractivity contribution in [3.8, 4) is 0 Å². The van der Waals surface area contributed by atoms with E-state index in [1.807, 2.05) is 12.1 Å². The van der Waals surface area contributed by atoms with Crippen LogP contribution in [0.1, 0.15) is 44.3 Å². The summed E-state index contributed by atoms with van der Waals surface area (Å²) in [5, 5.41) is 10.2. The minimum absolute atomic E-state index is 0.0284. The standard InChI is InChI=1S/C19H28N2O3.C2HF3O2/c22-19(20-11-16-6-3-8-23-16)15-10-18-17(7-9-24-18)21(13-15)12-14-4-1-2-5-14;3-2(4,5)1(6)7/h3,6,8,14-15,17-18H,1-2,4-5,7,9-13H2,(H,20,22);(H,6,7)/t15-,17+,18+;/m0./s1. The smallest absolute Gasteiger partial charge is 0.475 e. The van der Waals surface area contributed by atoms with Gasteiger partial charge in [-0.3, -0.25) is 9.69 Å². The highest BCUT2D eigenvalue weighted by atomic mass is 19.4. The molecule has 0 spiro atoms. The van der Waals surface area contributed by atoms with E-state index in [0.29, 0.717) is 12.6 Å². The summed E-state index contributed by atoms with van der Waals surface area (Å²) in [4.78, 5) is 24.1. The molecule has 1 aromatic heterocycles. The Bertz CT molecular complexity index is 719. The maximum atomic E-state index is 12.6. The fourth-order valence-electron chi connectivity index (χ4n) is 4.71. The van der Waals surface area contributed by atoms with Gasteiger partial charge in [0.1, 0.15) is 5.76 Å². The van der Waals surface area contributed by atoms with Gasteiger partial charge in [0.2, 0.25) is 5.91 Å². The van der Waals surface area contributed by atoms with Crippen LogP contribution in [0.2, 0.25) is 0 Å². The van der Waals surface area contributed by atoms with Crippen molar-refractivity contribution < 1.29 is 37.0 Å². The first-order valence-corrected chi connectivity index (χ1v) is 10.7. The van der Waals surface area contributed by atoms with Crippen LogP contribution in [0, 0.1) is 11.8 Å². The maximum Gasteiger partial charge on any atom is 0.490 e. The fraction of sp³-hybridized carbons (Fsp3) is 0.714. The molecule has 1 aliphatic carbocycles. The minimum atomic E-state index is -5.08. The molecule has 0 unspecified atom stereocenters. The Morgan fingerprint density at radius 3 is 2.55 bits per heavy atom. The summed E-state index contributed by atoms with van der Waals surface area (Å²) < 4.78 is 43.0. The molecule has 1 aromatic rings. The van der Waals surface area contributed by atoms with Crippen molar-refractivity contribution in [2.24, 2.45) is 11.8 Å². The number of likely N-dealkylation sites (tertiary alicyclic amines) is 1. The lowest BCUT2D eigenvalue weighted by Gasteiger charge is -2.41. The van der Waals surface area contributed by atoms with Gasteiger partial charge in [-0.2, -0.15) is 13.2 Å². The molecule has 0 radical (unpaired) electrons. The van der Waals surface area contributed by atoms with Gasteiger partial charge >= 0.3 is 12.1 Å². The number of hydrogen-bond donors (Lipinski definition) is 2. The number of carboxylic acid groups (broad SMARTS) is 1. The minimum Gasteiger partial charge on any atom is -0.475 e. The average molecular weight is 446 g/mol. The molecule has 2 saturated heterocycles. The largest absolute Gasteiger partial charge is 0.490 e. The number of carbonyl (C=O) groups excluding carboxylic acids is 1. The molecule has 10 heteroatoms. The lowest BCUT2D eigenvalue weighted by atomic mass is 9.88. The lowest BCUT2D eigenvalue weighted by molar-refractivity contribution is -0.192. The number of carbonyl (C=O) groups is 2. The number of furan rings is 1. The van der Waals surface area contributed by atoms with Crippen LogP contribution in [0.25, 0.3) is 0 Å². The topological polar surface area (TPSA) is 92.0 Å². The summed E-state index contributed by atoms with van der Waals surface area (Å²) in [7, 11) is 0. The van der Waals surface area contributed by atoms with E-state index in [4.69, 9.17) is 19.1 Å². The fourth-order valence-corrected chi connectivity index (χ4v) is 4.71. The molecule has 0 aromatic carbocycles. The molecular formula is C21H29F3N2O5. The van der Waals surface area contributed by atoms with Gasteiger partial charge in [-0.15, -0.1) is 0 Å². The van der Waals surface area contributed by atoms with Crippen LogP contribution in [0.15, 0.2) is 22.8 Å². The SMILES string of the molecule is O=C(NCc1ccco1)[C@H]1C[C@H]2OCC[C@H]2N(CC2CCCC2)C1.O=C(O)C(F)(F)F. The van der Waals surface area contributed by atoms with Crippen molar-refractivity contribution in [3.05, 3.63) is 24.2 Å². The Hall–Kier alpha value is -2.07. The predicted octanol–water partition coefficient (Wildman–Crippen LogP) is 3.20. The number of piperidine rings is 1. The van der Waals surface area contributed by atoms with Gasteiger partial charge in [0.25, 0.3) is 0 Å². The number of carboxylic acids is 1. The lowest BCUT2D eigenvalue weighted by Crippen LogP contribution is -2.53. The van der Waals surface area contributed by atoms with Crippen molar-refractivity contribution in [1.29, 1.82) is 0 Å². The maximum absolute atomic E-state index is 12.6. The molecule has 7 nitrogen and oxygen atoms in total. The second kappa shape index (κ2) is 10.5. The van der Waals surface area contributed by atoms with Crippen molar-refractivity contribution >= 4 is 11.9 Å². The monoisotopic (exact) mass is 446 g/mol. The molecule has 2 aliphatic heterocycles. The van der Waals surface area contributed by atoms with Gasteiger partial charge in [-0.05, 0) is 43.7 Å². The molecule has 0 bridgehead atoms. The molecule has 3 atom stereocenters. The Morgan fingerprint density at radius 1 is 1.23 bits per heavy atom. The molecule has 31 heavy (non-hydrogen) atoms. The van der Waals surface area contributed by atoms with Crippen LogP contribution < -0.4 is 5.32 Å². The van der Waals surface area contributed by atoms with E-state index in [-0.39, 0.29) is 17.9 Å². The molecule has 2 N–H and O–H groups in total. The summed E-state index contributed by atoms with van der Waals surface area (Å²) in [6.07, 6.45) is 4.22. The number of fused-ring (bicyclic) bond motifs is 1. The molecule has 174 valence electrons. The number of rotatable bonds is 5. The van der Waals surface area contributed by atoms with Gasteiger partial charge in [0, 0.05) is 25.7 Å². The number of aliphatic carboxylic acids is 1. The van der Waals surface area contributed by atoms with Crippen molar-refractivity contribution in [2.45, 2.75) is 63.4 Å². The molecule has 4 rings (SSSR count). The highest BCUT2D eigenvalue weighted by Gasteiger charge is 2.42. The Morgan fingerprint density at radius 2 is 1.94 bits per heavy atom. The molecule has 3 heterocycles. The molecular weight excluding hydrogens is 417 g/mol. The van der Waals surface area contributed by atoms with Gasteiger partial charge in [-0.25, -0.2) is 4.79 Å². The molecule has 3 aliphatic rings. The zero-order chi connectivity index (χ0) is 22.4. The van der Waals surface area contributed by atoms with E-state index >= 15 is 0 Å². The third-order valence-corrected chi connectivity index (χ3v) is 6.21. The number of nitrogens with one attached hydrogen (secondary N) is 1. The predicted molar refractivity (Wildman–Crippen MR) is 104 cm³/mol. The number of halogens is 3. The van der Waals surface area contributed by atoms with E-state index in [2.05, 4.69) is 10.2 Å². The highest BCUT2D eigenvalue weighted by molar-refractivity contribution is 5.79. The van der Waals surface area contributed by atoms with E-state index in [9.17, 15) is 18.0 Å². The van der Waals surface area contributed by atoms with E-state index < -0.39 is 12.1 Å². The zero-order valence-corrected chi connectivity index (χ0v) is 17.3. The van der Waals surface area contributed by atoms with Crippen LogP contribution in [0.4, 0.5) is 13.2 Å². The van der Waals surface area contributed by atoms with Crippen molar-refractivity contribution in [3.63, 3.8) is 0 Å². The number of ether oxygens (including phenoxy) is 1. The number of amides is 1. The summed E-state index contributed by atoms with van der Waals surface area (Å²) >= 11 is 0. The van der Waals surface area contributed by atoms with E-state index in [1.165, 1.54) is 25.7 Å². The average Bonchev–Trinajstić information content (AvgIpc) is 3.47. The van der Waals surface area contributed by atoms with Crippen molar-refractivity contribution in [1.82, 2.24) is 10.2 Å². The molecule has 3 fully saturated rings. The first-order chi connectivity index (χ1) is 14.7. The van der Waals surface area contributed by atoms with Crippen LogP contribution in [0.3, 0.4) is 0 Å². The molecule has 1 amide bonds. The third kappa shape index (κ3) is 6.70. The van der Waals surface area contributed by atoms with Crippen LogP contribution >= 0.6 is 0 Å². The van der Waals surface area contributed by atoms with Gasteiger partial charge < -0.3 is 19.6 Å². The Kier molecular flexibility index (Phi) is 7.99. The van der Waals surface area contributed by atoms with Gasteiger partial charge in [0.05, 0.1) is 24.8 Å². The van der Waals surface area contributed by atoms with Crippen LogP contribution in [-0.4, -0.2) is 59.9 Å². The second-order valence-corrected chi connectivity index (χ2v) is 8.40. The third-order valence-electron chi connectivity index (χ3n) is 6.21. The highest BCUT2D eigenvalue weighted by Crippen LogP contribution is 2.34. The van der Waals surface area contributed by atoms with Crippen LogP contribution in [-0.2, 0) is 20.9 Å². The molecule has 1 saturated carbocycles. The quantitative estimate of drug-likeness (QED) is 0.722. The summed E-state index contributed by atoms with van der Waals surface area (Å²) in [6.45, 7) is 3.34. The van der Waals surface area contributed by atoms with Gasteiger partial charge in [-0.1, -0.05) is 12.8 Å². The van der Waals surface area contributed by atoms with Crippen molar-refractivity contribution in [2.75, 3.05) is 19.7 Å². The van der Waals surface area contributed by atoms with E-state index in [1.54, 1.807) is 6.26 Å². The Labute approximate surface area is 178 Å². The summed E-state index contributed by atoms with van der Waals surface area (Å²) in [5.41, 5.74) is 0. The van der Waals surface area contributed by atoms with Crippen LogP contribution in [0.5, 0.6) is 0 Å². The van der Waals surface area contributed by atoms with E-state index in [0.717, 1.165) is 44.2 Å². The number of alkyl halides is 3. The second-order valence-electron chi connectivity index (χ2n) is 8.40. The summed E-state index contributed by atoms with van der Waals surface area (Å²) in [6, 6.07) is 4.27. The first kappa shape index (κ1) is 23.6. The summed E-state index contributed by atoms with van der Waals surface area (Å²) in [5.74, 6) is -0.974. The zero-order valence-electron chi connectivity index (χ0n) is 17.3.